The van der Waals surface area contributed by atoms with Crippen LogP contribution in [0.5, 0.6) is 0 Å². The van der Waals surface area contributed by atoms with Gasteiger partial charge >= 0.3 is 0 Å². The SMILES string of the molecule is COCC(O)CCNC(=O)c1csc(C)n1. The molecule has 0 aromatic carbocycles. The first-order valence-corrected chi connectivity index (χ1v) is 5.88. The first-order chi connectivity index (χ1) is 7.63. The summed E-state index contributed by atoms with van der Waals surface area (Å²) in [5.74, 6) is -0.200. The molecule has 16 heavy (non-hydrogen) atoms. The molecule has 1 aromatic heterocycles. The lowest BCUT2D eigenvalue weighted by molar-refractivity contribution is 0.0587. The summed E-state index contributed by atoms with van der Waals surface area (Å²) in [5.41, 5.74) is 0.434. The van der Waals surface area contributed by atoms with Gasteiger partial charge in [0.1, 0.15) is 5.69 Å². The Hall–Kier alpha value is -0.980. The lowest BCUT2D eigenvalue weighted by atomic mass is 10.2. The zero-order valence-corrected chi connectivity index (χ0v) is 10.2. The highest BCUT2D eigenvalue weighted by Crippen LogP contribution is 2.07. The number of thiazole rings is 1. The lowest BCUT2D eigenvalue weighted by Gasteiger charge is -2.09. The molecule has 0 fully saturated rings. The fraction of sp³-hybridized carbons (Fsp3) is 0.600. The first kappa shape index (κ1) is 13.1. The van der Waals surface area contributed by atoms with Gasteiger partial charge < -0.3 is 15.2 Å². The Morgan fingerprint density at radius 3 is 3.06 bits per heavy atom. The van der Waals surface area contributed by atoms with Crippen LogP contribution in [0.25, 0.3) is 0 Å². The first-order valence-electron chi connectivity index (χ1n) is 5.01. The number of aliphatic hydroxyl groups is 1. The van der Waals surface area contributed by atoms with E-state index in [0.717, 1.165) is 5.01 Å². The smallest absolute Gasteiger partial charge is 0.270 e. The lowest BCUT2D eigenvalue weighted by Crippen LogP contribution is -2.28. The Morgan fingerprint density at radius 1 is 1.75 bits per heavy atom. The van der Waals surface area contributed by atoms with Gasteiger partial charge in [-0.1, -0.05) is 0 Å². The third kappa shape index (κ3) is 4.26. The van der Waals surface area contributed by atoms with Crippen molar-refractivity contribution in [1.29, 1.82) is 0 Å². The normalized spacial score (nSPS) is 12.4. The fourth-order valence-electron chi connectivity index (χ4n) is 1.19. The van der Waals surface area contributed by atoms with Crippen molar-refractivity contribution < 1.29 is 14.6 Å². The summed E-state index contributed by atoms with van der Waals surface area (Å²) in [6.45, 7) is 2.55. The summed E-state index contributed by atoms with van der Waals surface area (Å²) < 4.78 is 4.78. The number of aromatic nitrogens is 1. The van der Waals surface area contributed by atoms with E-state index in [9.17, 15) is 9.90 Å². The molecule has 1 amide bonds. The number of rotatable bonds is 6. The van der Waals surface area contributed by atoms with E-state index in [4.69, 9.17) is 4.74 Å². The van der Waals surface area contributed by atoms with Crippen LogP contribution in [0, 0.1) is 6.92 Å². The van der Waals surface area contributed by atoms with Crippen LogP contribution < -0.4 is 5.32 Å². The number of ether oxygens (including phenoxy) is 1. The predicted molar refractivity (Wildman–Crippen MR) is 61.7 cm³/mol. The van der Waals surface area contributed by atoms with Crippen LogP contribution in [0.1, 0.15) is 21.9 Å². The molecule has 1 unspecified atom stereocenters. The van der Waals surface area contributed by atoms with Crippen LogP contribution in [-0.2, 0) is 4.74 Å². The van der Waals surface area contributed by atoms with E-state index in [1.165, 1.54) is 18.4 Å². The monoisotopic (exact) mass is 244 g/mol. The highest BCUT2D eigenvalue weighted by atomic mass is 32.1. The number of methoxy groups -OCH3 is 1. The van der Waals surface area contributed by atoms with Gasteiger partial charge in [0.25, 0.3) is 5.91 Å². The van der Waals surface area contributed by atoms with E-state index in [-0.39, 0.29) is 12.5 Å². The van der Waals surface area contributed by atoms with E-state index in [1.807, 2.05) is 6.92 Å². The maximum absolute atomic E-state index is 11.5. The third-order valence-electron chi connectivity index (χ3n) is 1.97. The molecule has 0 aliphatic rings. The highest BCUT2D eigenvalue weighted by Gasteiger charge is 2.09. The molecule has 2 N–H and O–H groups in total. The van der Waals surface area contributed by atoms with Crippen LogP contribution in [-0.4, -0.2) is 42.4 Å². The van der Waals surface area contributed by atoms with Crippen molar-refractivity contribution >= 4 is 17.2 Å². The molecule has 1 heterocycles. The van der Waals surface area contributed by atoms with Crippen molar-refractivity contribution in [2.75, 3.05) is 20.3 Å². The molecule has 0 saturated heterocycles. The van der Waals surface area contributed by atoms with Crippen LogP contribution in [0.15, 0.2) is 5.38 Å². The number of carbonyl (C=O) groups is 1. The number of aryl methyl sites for hydroxylation is 1. The molecule has 1 atom stereocenters. The highest BCUT2D eigenvalue weighted by molar-refractivity contribution is 7.09. The summed E-state index contributed by atoms with van der Waals surface area (Å²) >= 11 is 1.44. The molecule has 0 bridgehead atoms. The van der Waals surface area contributed by atoms with Crippen molar-refractivity contribution in [1.82, 2.24) is 10.3 Å². The molecule has 0 spiro atoms. The van der Waals surface area contributed by atoms with E-state index in [1.54, 1.807) is 5.38 Å². The Kier molecular flexibility index (Phi) is 5.37. The molecule has 5 nitrogen and oxygen atoms in total. The van der Waals surface area contributed by atoms with E-state index in [0.29, 0.717) is 18.7 Å². The minimum absolute atomic E-state index is 0.200. The minimum atomic E-state index is -0.539. The largest absolute Gasteiger partial charge is 0.391 e. The maximum Gasteiger partial charge on any atom is 0.270 e. The molecule has 90 valence electrons. The molecule has 1 rings (SSSR count). The van der Waals surface area contributed by atoms with Gasteiger partial charge in [0.15, 0.2) is 0 Å². The topological polar surface area (TPSA) is 71.5 Å². The molecule has 0 aliphatic heterocycles. The number of carbonyl (C=O) groups excluding carboxylic acids is 1. The number of nitrogens with one attached hydrogen (secondary N) is 1. The minimum Gasteiger partial charge on any atom is -0.391 e. The number of amides is 1. The fourth-order valence-corrected chi connectivity index (χ4v) is 1.78. The van der Waals surface area contributed by atoms with Gasteiger partial charge in [-0.15, -0.1) is 11.3 Å². The summed E-state index contributed by atoms with van der Waals surface area (Å²) in [6.07, 6.45) is -0.0645. The van der Waals surface area contributed by atoms with Gasteiger partial charge in [-0.3, -0.25) is 4.79 Å². The van der Waals surface area contributed by atoms with Crippen molar-refractivity contribution in [3.63, 3.8) is 0 Å². The third-order valence-corrected chi connectivity index (χ3v) is 2.75. The Balaban J connectivity index is 2.25. The Labute approximate surface area is 98.5 Å². The van der Waals surface area contributed by atoms with Gasteiger partial charge in [0.2, 0.25) is 0 Å². The molecule has 1 aromatic rings. The van der Waals surface area contributed by atoms with E-state index >= 15 is 0 Å². The molecule has 0 saturated carbocycles. The zero-order valence-electron chi connectivity index (χ0n) is 9.40. The number of hydrogen-bond acceptors (Lipinski definition) is 5. The van der Waals surface area contributed by atoms with Crippen molar-refractivity contribution in [3.05, 3.63) is 16.1 Å². The van der Waals surface area contributed by atoms with Gasteiger partial charge in [-0.05, 0) is 13.3 Å². The van der Waals surface area contributed by atoms with Gasteiger partial charge in [-0.2, -0.15) is 0 Å². The summed E-state index contributed by atoms with van der Waals surface area (Å²) in [4.78, 5) is 15.6. The molecule has 0 radical (unpaired) electrons. The molecular formula is C10H16N2O3S. The molecule has 6 heteroatoms. The van der Waals surface area contributed by atoms with Gasteiger partial charge in [0.05, 0.1) is 17.7 Å². The quantitative estimate of drug-likeness (QED) is 0.768. The number of hydrogen-bond donors (Lipinski definition) is 2. The van der Waals surface area contributed by atoms with Crippen molar-refractivity contribution in [2.45, 2.75) is 19.4 Å². The Morgan fingerprint density at radius 2 is 2.50 bits per heavy atom. The maximum atomic E-state index is 11.5. The average molecular weight is 244 g/mol. The summed E-state index contributed by atoms with van der Waals surface area (Å²) in [5, 5.41) is 14.6. The summed E-state index contributed by atoms with van der Waals surface area (Å²) in [6, 6.07) is 0. The second-order valence-corrected chi connectivity index (χ2v) is 4.47. The van der Waals surface area contributed by atoms with Crippen LogP contribution in [0.2, 0.25) is 0 Å². The predicted octanol–water partition coefficient (Wildman–Crippen LogP) is 0.579. The second-order valence-electron chi connectivity index (χ2n) is 3.41. The second kappa shape index (κ2) is 6.57. The van der Waals surface area contributed by atoms with E-state index < -0.39 is 6.10 Å². The van der Waals surface area contributed by atoms with Gasteiger partial charge in [-0.25, -0.2) is 4.98 Å². The standard InChI is InChI=1S/C10H16N2O3S/c1-7-12-9(6-16-7)10(14)11-4-3-8(13)5-15-2/h6,8,13H,3-5H2,1-2H3,(H,11,14). The van der Waals surface area contributed by atoms with Crippen LogP contribution in [0.4, 0.5) is 0 Å². The zero-order chi connectivity index (χ0) is 12.0. The average Bonchev–Trinajstić information content (AvgIpc) is 2.65. The van der Waals surface area contributed by atoms with Crippen molar-refractivity contribution in [2.24, 2.45) is 0 Å². The van der Waals surface area contributed by atoms with E-state index in [2.05, 4.69) is 10.3 Å². The molecular weight excluding hydrogens is 228 g/mol. The Bertz CT molecular complexity index is 341. The van der Waals surface area contributed by atoms with Gasteiger partial charge in [0, 0.05) is 19.0 Å². The van der Waals surface area contributed by atoms with Crippen LogP contribution >= 0.6 is 11.3 Å². The van der Waals surface area contributed by atoms with Crippen molar-refractivity contribution in [3.8, 4) is 0 Å². The summed E-state index contributed by atoms with van der Waals surface area (Å²) in [7, 11) is 1.53. The number of aliphatic hydroxyl groups excluding tert-OH is 1. The molecule has 0 aliphatic carbocycles. The van der Waals surface area contributed by atoms with Crippen LogP contribution in [0.3, 0.4) is 0 Å². The number of nitrogens with zero attached hydrogens (tertiary/aromatic N) is 1.